The van der Waals surface area contributed by atoms with Crippen LogP contribution in [0.3, 0.4) is 0 Å². The van der Waals surface area contributed by atoms with Gasteiger partial charge < -0.3 is 20.1 Å². The molecule has 0 heterocycles. The van der Waals surface area contributed by atoms with Crippen LogP contribution >= 0.6 is 0 Å². The first-order valence-electron chi connectivity index (χ1n) is 10.3. The van der Waals surface area contributed by atoms with Gasteiger partial charge in [-0.05, 0) is 50.9 Å². The van der Waals surface area contributed by atoms with E-state index in [1.165, 1.54) is 0 Å². The van der Waals surface area contributed by atoms with Crippen LogP contribution in [0.1, 0.15) is 59.8 Å². The van der Waals surface area contributed by atoms with Crippen LogP contribution in [-0.2, 0) is 14.3 Å². The molecular weight excluding hydrogens is 360 g/mol. The van der Waals surface area contributed by atoms with Crippen LogP contribution < -0.4 is 0 Å². The van der Waals surface area contributed by atoms with Gasteiger partial charge in [0, 0.05) is 17.4 Å². The van der Waals surface area contributed by atoms with Gasteiger partial charge in [-0.15, -0.1) is 6.58 Å². The monoisotopic (exact) mass is 396 g/mol. The third-order valence-corrected chi connectivity index (χ3v) is 7.95. The van der Waals surface area contributed by atoms with Crippen molar-refractivity contribution in [1.29, 1.82) is 0 Å². The van der Waals surface area contributed by atoms with E-state index in [4.69, 9.17) is 4.74 Å². The Morgan fingerprint density at radius 3 is 2.50 bits per heavy atom. The topological polar surface area (TPSA) is 104 Å². The summed E-state index contributed by atoms with van der Waals surface area (Å²) in [5, 5.41) is 29.9. The summed E-state index contributed by atoms with van der Waals surface area (Å²) in [4.78, 5) is 26.0. The van der Waals surface area contributed by atoms with E-state index in [-0.39, 0.29) is 30.6 Å². The number of hydrogen-bond acceptors (Lipinski definition) is 6. The van der Waals surface area contributed by atoms with Gasteiger partial charge >= 0.3 is 5.97 Å². The molecule has 0 radical (unpaired) electrons. The summed E-state index contributed by atoms with van der Waals surface area (Å²) in [5.74, 6) is -1.11. The largest absolute Gasteiger partial charge is 0.460 e. The summed E-state index contributed by atoms with van der Waals surface area (Å²) in [6.07, 6.45) is 2.69. The number of Topliss-reactive ketones (excluding diaryl/α,β-unsaturated/α-hetero) is 1. The van der Waals surface area contributed by atoms with Crippen LogP contribution in [0.5, 0.6) is 0 Å². The number of carbonyl (C=O) groups is 2. The summed E-state index contributed by atoms with van der Waals surface area (Å²) in [7, 11) is 0. The van der Waals surface area contributed by atoms with E-state index in [1.807, 2.05) is 27.7 Å². The molecule has 2 saturated carbocycles. The van der Waals surface area contributed by atoms with E-state index in [1.54, 1.807) is 6.08 Å². The van der Waals surface area contributed by atoms with E-state index < -0.39 is 41.0 Å². The number of rotatable bonds is 6. The lowest BCUT2D eigenvalue weighted by Crippen LogP contribution is -2.64. The lowest BCUT2D eigenvalue weighted by molar-refractivity contribution is -0.193. The Morgan fingerprint density at radius 1 is 1.32 bits per heavy atom. The second kappa shape index (κ2) is 8.25. The summed E-state index contributed by atoms with van der Waals surface area (Å²) in [5.41, 5.74) is -2.49. The first-order chi connectivity index (χ1) is 13.0. The maximum atomic E-state index is 14.0. The Morgan fingerprint density at radius 2 is 1.96 bits per heavy atom. The highest BCUT2D eigenvalue weighted by Crippen LogP contribution is 2.59. The molecule has 0 amide bonds. The molecule has 0 saturated heterocycles. The average Bonchev–Trinajstić information content (AvgIpc) is 2.69. The molecule has 2 rings (SSSR count). The van der Waals surface area contributed by atoms with Crippen LogP contribution in [0.15, 0.2) is 12.7 Å². The number of hydrogen-bond donors (Lipinski definition) is 3. The molecule has 3 N–H and O–H groups in total. The first-order valence-corrected chi connectivity index (χ1v) is 10.3. The van der Waals surface area contributed by atoms with Gasteiger partial charge in [-0.2, -0.15) is 0 Å². The van der Waals surface area contributed by atoms with E-state index in [0.29, 0.717) is 19.3 Å². The average molecular weight is 397 g/mol. The van der Waals surface area contributed by atoms with Crippen molar-refractivity contribution in [2.24, 2.45) is 28.1 Å². The summed E-state index contributed by atoms with van der Waals surface area (Å²) in [6, 6.07) is 0. The zero-order chi connectivity index (χ0) is 21.3. The third-order valence-electron chi connectivity index (χ3n) is 7.95. The van der Waals surface area contributed by atoms with Gasteiger partial charge in [0.1, 0.15) is 18.5 Å². The van der Waals surface area contributed by atoms with Crippen molar-refractivity contribution >= 4 is 11.8 Å². The Kier molecular flexibility index (Phi) is 6.79. The van der Waals surface area contributed by atoms with Gasteiger partial charge in [-0.25, -0.2) is 4.79 Å². The Hall–Kier alpha value is -1.24. The van der Waals surface area contributed by atoms with Crippen LogP contribution in [0.2, 0.25) is 0 Å². The molecule has 2 fully saturated rings. The fraction of sp³-hybridized carbons (Fsp3) is 0.818. The van der Waals surface area contributed by atoms with E-state index >= 15 is 0 Å². The van der Waals surface area contributed by atoms with Crippen LogP contribution in [0.4, 0.5) is 0 Å². The molecule has 1 unspecified atom stereocenters. The highest BCUT2D eigenvalue weighted by atomic mass is 16.6. The smallest absolute Gasteiger partial charge is 0.332 e. The predicted molar refractivity (Wildman–Crippen MR) is 105 cm³/mol. The molecule has 2 aliphatic rings. The third kappa shape index (κ3) is 3.44. The molecule has 2 aliphatic carbocycles. The van der Waals surface area contributed by atoms with Gasteiger partial charge in [-0.1, -0.05) is 26.8 Å². The molecule has 0 spiro atoms. The number of carbonyl (C=O) groups excluding carboxylic acids is 2. The zero-order valence-corrected chi connectivity index (χ0v) is 17.6. The molecule has 0 aromatic heterocycles. The van der Waals surface area contributed by atoms with E-state index in [0.717, 1.165) is 6.42 Å². The van der Waals surface area contributed by atoms with Crippen LogP contribution in [0.25, 0.3) is 0 Å². The standard InChI is InChI=1S/C22H36O6/c1-6-20(4)12-16(28-17(25)13-24)21(5)14(2)8-10-22(19(21)27,9-7-11-23)15(3)18(20)26/h6,14-16,18,23-24,26H,1,7-13H2,2-5H3/t14?,15-,16+,18-,20+,21-,22+/m0/s1. The molecule has 6 heteroatoms. The summed E-state index contributed by atoms with van der Waals surface area (Å²) < 4.78 is 5.62. The van der Waals surface area contributed by atoms with Crippen molar-refractivity contribution < 1.29 is 29.6 Å². The van der Waals surface area contributed by atoms with Crippen molar-refractivity contribution in [2.45, 2.75) is 72.0 Å². The maximum absolute atomic E-state index is 14.0. The van der Waals surface area contributed by atoms with Gasteiger partial charge in [-0.3, -0.25) is 4.79 Å². The molecule has 6 nitrogen and oxygen atoms in total. The van der Waals surface area contributed by atoms with Crippen molar-refractivity contribution in [3.8, 4) is 0 Å². The number of ether oxygens (including phenoxy) is 1. The molecule has 2 bridgehead atoms. The van der Waals surface area contributed by atoms with Gasteiger partial charge in [0.25, 0.3) is 0 Å². The van der Waals surface area contributed by atoms with Crippen LogP contribution in [0, 0.1) is 28.1 Å². The zero-order valence-electron chi connectivity index (χ0n) is 17.6. The molecule has 0 aromatic rings. The fourth-order valence-corrected chi connectivity index (χ4v) is 5.58. The Balaban J connectivity index is 2.67. The number of aliphatic hydroxyl groups is 3. The minimum atomic E-state index is -0.933. The normalized spacial score (nSPS) is 43.8. The lowest BCUT2D eigenvalue weighted by atomic mass is 9.46. The van der Waals surface area contributed by atoms with Crippen molar-refractivity contribution in [3.63, 3.8) is 0 Å². The van der Waals surface area contributed by atoms with Gasteiger partial charge in [0.15, 0.2) is 0 Å². The molecule has 160 valence electrons. The lowest BCUT2D eigenvalue weighted by Gasteiger charge is -2.58. The van der Waals surface area contributed by atoms with Gasteiger partial charge in [0.05, 0.1) is 11.5 Å². The molecule has 0 aromatic carbocycles. The number of esters is 1. The van der Waals surface area contributed by atoms with Crippen LogP contribution in [-0.4, -0.2) is 52.5 Å². The molecular formula is C22H36O6. The number of aliphatic hydroxyl groups excluding tert-OH is 3. The molecule has 28 heavy (non-hydrogen) atoms. The summed E-state index contributed by atoms with van der Waals surface area (Å²) >= 11 is 0. The van der Waals surface area contributed by atoms with Crippen molar-refractivity contribution in [3.05, 3.63) is 12.7 Å². The summed E-state index contributed by atoms with van der Waals surface area (Å²) in [6.45, 7) is 10.8. The predicted octanol–water partition coefficient (Wildman–Crippen LogP) is 2.25. The highest BCUT2D eigenvalue weighted by Gasteiger charge is 2.64. The number of fused-ring (bicyclic) bond motifs is 2. The minimum Gasteiger partial charge on any atom is -0.460 e. The second-order valence-electron chi connectivity index (χ2n) is 9.32. The second-order valence-corrected chi connectivity index (χ2v) is 9.32. The van der Waals surface area contributed by atoms with Gasteiger partial charge in [0.2, 0.25) is 0 Å². The number of ketones is 1. The first kappa shape index (κ1) is 23.0. The highest BCUT2D eigenvalue weighted by molar-refractivity contribution is 5.92. The van der Waals surface area contributed by atoms with E-state index in [9.17, 15) is 24.9 Å². The molecule has 0 aliphatic heterocycles. The Labute approximate surface area is 168 Å². The Bertz CT molecular complexity index is 614. The maximum Gasteiger partial charge on any atom is 0.332 e. The minimum absolute atomic E-state index is 0.000557. The van der Waals surface area contributed by atoms with Crippen molar-refractivity contribution in [1.82, 2.24) is 0 Å². The SMILES string of the molecule is C=C[C@]1(C)C[C@@H](OC(=O)CO)[C@@]2(C)C(=O)[C@](CCCO)(CCC2C)[C@@H](C)[C@@H]1O. The molecule has 7 atom stereocenters. The van der Waals surface area contributed by atoms with E-state index in [2.05, 4.69) is 6.58 Å². The van der Waals surface area contributed by atoms with Crippen molar-refractivity contribution in [2.75, 3.05) is 13.2 Å². The quantitative estimate of drug-likeness (QED) is 0.470. The fourth-order valence-electron chi connectivity index (χ4n) is 5.58.